The van der Waals surface area contributed by atoms with Crippen molar-refractivity contribution in [1.82, 2.24) is 4.57 Å². The molecule has 2 rings (SSSR count). The van der Waals surface area contributed by atoms with Crippen molar-refractivity contribution in [3.05, 3.63) is 36.0 Å². The summed E-state index contributed by atoms with van der Waals surface area (Å²) >= 11 is 0. The highest BCUT2D eigenvalue weighted by Gasteiger charge is 2.13. The molecule has 0 radical (unpaired) electrons. The summed E-state index contributed by atoms with van der Waals surface area (Å²) in [7, 11) is 0. The predicted octanol–water partition coefficient (Wildman–Crippen LogP) is 1.35. The summed E-state index contributed by atoms with van der Waals surface area (Å²) in [4.78, 5) is 11.1. The van der Waals surface area contributed by atoms with Gasteiger partial charge in [0, 0.05) is 23.6 Å². The summed E-state index contributed by atoms with van der Waals surface area (Å²) < 4.78 is 7.04. The maximum absolute atomic E-state index is 11.1. The van der Waals surface area contributed by atoms with Crippen LogP contribution in [0, 0.1) is 0 Å². The van der Waals surface area contributed by atoms with Gasteiger partial charge in [0.2, 0.25) is 0 Å². The van der Waals surface area contributed by atoms with Crippen LogP contribution in [-0.2, 0) is 11.3 Å². The molecule has 5 heteroatoms. The van der Waals surface area contributed by atoms with Gasteiger partial charge in [-0.3, -0.25) is 0 Å². The van der Waals surface area contributed by atoms with E-state index < -0.39 is 5.97 Å². The van der Waals surface area contributed by atoms with Crippen LogP contribution in [-0.4, -0.2) is 40.6 Å². The number of rotatable bonds is 6. The SMILES string of the molecule is O=C(O)c1cn(CCOCCO)c2ccccc12. The first-order valence-corrected chi connectivity index (χ1v) is 5.74. The van der Waals surface area contributed by atoms with Crippen molar-refractivity contribution in [2.45, 2.75) is 6.54 Å². The van der Waals surface area contributed by atoms with Crippen LogP contribution in [0.4, 0.5) is 0 Å². The molecule has 5 nitrogen and oxygen atoms in total. The van der Waals surface area contributed by atoms with Crippen LogP contribution in [0.5, 0.6) is 0 Å². The third kappa shape index (κ3) is 2.52. The van der Waals surface area contributed by atoms with E-state index in [9.17, 15) is 4.79 Å². The summed E-state index contributed by atoms with van der Waals surface area (Å²) in [5, 5.41) is 18.5. The van der Waals surface area contributed by atoms with Crippen molar-refractivity contribution in [3.8, 4) is 0 Å². The first-order valence-electron chi connectivity index (χ1n) is 5.74. The van der Waals surface area contributed by atoms with E-state index in [1.165, 1.54) is 0 Å². The Kier molecular flexibility index (Phi) is 3.96. The number of aliphatic hydroxyl groups excluding tert-OH is 1. The van der Waals surface area contributed by atoms with E-state index in [0.717, 1.165) is 10.9 Å². The fourth-order valence-corrected chi connectivity index (χ4v) is 1.93. The van der Waals surface area contributed by atoms with Gasteiger partial charge in [0.25, 0.3) is 0 Å². The molecular weight excluding hydrogens is 234 g/mol. The summed E-state index contributed by atoms with van der Waals surface area (Å²) in [6.07, 6.45) is 1.62. The van der Waals surface area contributed by atoms with E-state index in [-0.39, 0.29) is 6.61 Å². The molecule has 18 heavy (non-hydrogen) atoms. The first kappa shape index (κ1) is 12.6. The monoisotopic (exact) mass is 249 g/mol. The van der Waals surface area contributed by atoms with E-state index in [1.54, 1.807) is 12.3 Å². The van der Waals surface area contributed by atoms with Gasteiger partial charge in [-0.15, -0.1) is 0 Å². The van der Waals surface area contributed by atoms with Crippen molar-refractivity contribution in [3.63, 3.8) is 0 Å². The number of para-hydroxylation sites is 1. The zero-order valence-corrected chi connectivity index (χ0v) is 9.87. The molecule has 0 bridgehead atoms. The van der Waals surface area contributed by atoms with Crippen LogP contribution in [0.1, 0.15) is 10.4 Å². The Morgan fingerprint density at radius 1 is 1.28 bits per heavy atom. The molecule has 0 atom stereocenters. The molecule has 2 N–H and O–H groups in total. The minimum atomic E-state index is -0.929. The summed E-state index contributed by atoms with van der Waals surface area (Å²) in [6, 6.07) is 7.37. The average Bonchev–Trinajstić information content (AvgIpc) is 2.74. The second kappa shape index (κ2) is 5.66. The molecule has 2 aromatic rings. The molecule has 1 aromatic heterocycles. The summed E-state index contributed by atoms with van der Waals surface area (Å²) in [5.41, 5.74) is 1.18. The third-order valence-corrected chi connectivity index (χ3v) is 2.73. The minimum absolute atomic E-state index is 0.00714. The highest BCUT2D eigenvalue weighted by molar-refractivity contribution is 6.03. The predicted molar refractivity (Wildman–Crippen MR) is 66.8 cm³/mol. The molecular formula is C13H15NO4. The van der Waals surface area contributed by atoms with Crippen molar-refractivity contribution in [1.29, 1.82) is 0 Å². The normalized spacial score (nSPS) is 10.9. The fourth-order valence-electron chi connectivity index (χ4n) is 1.93. The summed E-state index contributed by atoms with van der Waals surface area (Å²) in [6.45, 7) is 1.30. The van der Waals surface area contributed by atoms with Gasteiger partial charge in [-0.25, -0.2) is 4.79 Å². The lowest BCUT2D eigenvalue weighted by Gasteiger charge is -2.05. The van der Waals surface area contributed by atoms with Crippen LogP contribution >= 0.6 is 0 Å². The number of carbonyl (C=O) groups is 1. The molecule has 0 aliphatic heterocycles. The molecule has 0 aliphatic carbocycles. The molecule has 1 heterocycles. The van der Waals surface area contributed by atoms with Gasteiger partial charge in [0.15, 0.2) is 0 Å². The number of hydrogen-bond donors (Lipinski definition) is 2. The number of aromatic carboxylic acids is 1. The van der Waals surface area contributed by atoms with Gasteiger partial charge < -0.3 is 19.5 Å². The van der Waals surface area contributed by atoms with Crippen molar-refractivity contribution >= 4 is 16.9 Å². The lowest BCUT2D eigenvalue weighted by atomic mass is 10.2. The fraction of sp³-hybridized carbons (Fsp3) is 0.308. The maximum Gasteiger partial charge on any atom is 0.337 e. The van der Waals surface area contributed by atoms with E-state index in [4.69, 9.17) is 14.9 Å². The number of aliphatic hydroxyl groups is 1. The molecule has 0 aliphatic rings. The lowest BCUT2D eigenvalue weighted by molar-refractivity contribution is 0.0698. The maximum atomic E-state index is 11.1. The molecule has 0 unspecified atom stereocenters. The zero-order valence-electron chi connectivity index (χ0n) is 9.87. The molecule has 96 valence electrons. The zero-order chi connectivity index (χ0) is 13.0. The largest absolute Gasteiger partial charge is 0.478 e. The van der Waals surface area contributed by atoms with Crippen molar-refractivity contribution in [2.24, 2.45) is 0 Å². The Bertz CT molecular complexity index is 547. The quantitative estimate of drug-likeness (QED) is 0.758. The Labute approximate surface area is 104 Å². The van der Waals surface area contributed by atoms with Gasteiger partial charge >= 0.3 is 5.97 Å². The first-order chi connectivity index (χ1) is 8.74. The van der Waals surface area contributed by atoms with E-state index >= 15 is 0 Å². The second-order valence-corrected chi connectivity index (χ2v) is 3.89. The van der Waals surface area contributed by atoms with E-state index in [1.807, 2.05) is 22.8 Å². The number of carboxylic acids is 1. The van der Waals surface area contributed by atoms with Crippen LogP contribution in [0.25, 0.3) is 10.9 Å². The number of ether oxygens (including phenoxy) is 1. The minimum Gasteiger partial charge on any atom is -0.478 e. The smallest absolute Gasteiger partial charge is 0.337 e. The molecule has 0 fully saturated rings. The second-order valence-electron chi connectivity index (χ2n) is 3.89. The van der Waals surface area contributed by atoms with Crippen LogP contribution in [0.15, 0.2) is 30.5 Å². The molecule has 0 saturated heterocycles. The topological polar surface area (TPSA) is 71.7 Å². The molecule has 1 aromatic carbocycles. The lowest BCUT2D eigenvalue weighted by Crippen LogP contribution is -2.07. The van der Waals surface area contributed by atoms with Crippen molar-refractivity contribution < 1.29 is 19.7 Å². The highest BCUT2D eigenvalue weighted by atomic mass is 16.5. The van der Waals surface area contributed by atoms with Crippen molar-refractivity contribution in [2.75, 3.05) is 19.8 Å². The molecule has 0 amide bonds. The molecule has 0 spiro atoms. The number of benzene rings is 1. The average molecular weight is 249 g/mol. The standard InChI is InChI=1S/C13H15NO4/c15-6-8-18-7-5-14-9-11(13(16)17)10-3-1-2-4-12(10)14/h1-4,9,15H,5-8H2,(H,16,17). The van der Waals surface area contributed by atoms with Crippen LogP contribution in [0.2, 0.25) is 0 Å². The Balaban J connectivity index is 2.24. The molecule has 0 saturated carbocycles. The Morgan fingerprint density at radius 2 is 2.06 bits per heavy atom. The third-order valence-electron chi connectivity index (χ3n) is 2.73. The number of nitrogens with zero attached hydrogens (tertiary/aromatic N) is 1. The number of carboxylic acid groups (broad SMARTS) is 1. The van der Waals surface area contributed by atoms with Gasteiger partial charge in [-0.1, -0.05) is 18.2 Å². The van der Waals surface area contributed by atoms with Gasteiger partial charge in [-0.05, 0) is 6.07 Å². The highest BCUT2D eigenvalue weighted by Crippen LogP contribution is 2.21. The number of aromatic nitrogens is 1. The Morgan fingerprint density at radius 3 is 2.78 bits per heavy atom. The van der Waals surface area contributed by atoms with Crippen LogP contribution in [0.3, 0.4) is 0 Å². The van der Waals surface area contributed by atoms with E-state index in [2.05, 4.69) is 0 Å². The summed E-state index contributed by atoms with van der Waals surface area (Å²) in [5.74, 6) is -0.929. The van der Waals surface area contributed by atoms with Gasteiger partial charge in [0.1, 0.15) is 0 Å². The van der Waals surface area contributed by atoms with E-state index in [0.29, 0.717) is 25.3 Å². The number of hydrogen-bond acceptors (Lipinski definition) is 3. The van der Waals surface area contributed by atoms with Gasteiger partial charge in [0.05, 0.1) is 25.4 Å². The number of fused-ring (bicyclic) bond motifs is 1. The van der Waals surface area contributed by atoms with Gasteiger partial charge in [-0.2, -0.15) is 0 Å². The van der Waals surface area contributed by atoms with Crippen LogP contribution < -0.4 is 0 Å². The Hall–Kier alpha value is -1.85.